The molecule has 66 valence electrons. The first-order valence-corrected chi connectivity index (χ1v) is 4.57. The second-order valence-corrected chi connectivity index (χ2v) is 3.93. The normalized spacial score (nSPS) is 34.6. The topological polar surface area (TPSA) is 0 Å². The van der Waals surface area contributed by atoms with Crippen molar-refractivity contribution in [3.63, 3.8) is 0 Å². The highest BCUT2D eigenvalue weighted by Gasteiger charge is 2.31. The largest absolute Gasteiger partial charge is 0.103 e. The van der Waals surface area contributed by atoms with Gasteiger partial charge < -0.3 is 0 Å². The van der Waals surface area contributed by atoms with Gasteiger partial charge in [-0.05, 0) is 24.7 Å². The van der Waals surface area contributed by atoms with E-state index < -0.39 is 0 Å². The lowest BCUT2D eigenvalue weighted by Gasteiger charge is -2.36. The molecule has 1 rings (SSSR count). The molecule has 0 heteroatoms. The Hall–Kier alpha value is -0.780. The maximum atomic E-state index is 3.82. The van der Waals surface area contributed by atoms with Crippen molar-refractivity contribution in [2.24, 2.45) is 11.3 Å². The summed E-state index contributed by atoms with van der Waals surface area (Å²) in [5, 5.41) is 0. The van der Waals surface area contributed by atoms with Crippen LogP contribution in [0.2, 0.25) is 0 Å². The van der Waals surface area contributed by atoms with E-state index in [1.165, 1.54) is 5.57 Å². The molecule has 0 saturated heterocycles. The van der Waals surface area contributed by atoms with Gasteiger partial charge in [0, 0.05) is 0 Å². The molecule has 2 unspecified atom stereocenters. The molecule has 0 saturated carbocycles. The zero-order chi connectivity index (χ0) is 9.19. The van der Waals surface area contributed by atoms with Crippen LogP contribution in [0, 0.1) is 11.3 Å². The van der Waals surface area contributed by atoms with Crippen LogP contribution in [-0.2, 0) is 0 Å². The molecular formula is C12H18. The summed E-state index contributed by atoms with van der Waals surface area (Å²) in [6.07, 6.45) is 9.73. The average Bonchev–Trinajstić information content (AvgIpc) is 2.02. The van der Waals surface area contributed by atoms with Crippen molar-refractivity contribution in [2.45, 2.75) is 27.2 Å². The minimum Gasteiger partial charge on any atom is -0.103 e. The molecule has 1 aliphatic rings. The Morgan fingerprint density at radius 2 is 2.33 bits per heavy atom. The van der Waals surface area contributed by atoms with Crippen LogP contribution in [0.5, 0.6) is 0 Å². The second kappa shape index (κ2) is 3.30. The highest BCUT2D eigenvalue weighted by atomic mass is 14.3. The van der Waals surface area contributed by atoms with E-state index in [9.17, 15) is 0 Å². The fraction of sp³-hybridized carbons (Fsp3) is 0.500. The smallest absolute Gasteiger partial charge is 0.00215 e. The molecule has 0 aromatic rings. The average molecular weight is 162 g/mol. The second-order valence-electron chi connectivity index (χ2n) is 3.93. The maximum absolute atomic E-state index is 3.82. The zero-order valence-corrected chi connectivity index (χ0v) is 8.30. The SMILES string of the molecule is C=CCC1(C)C(C)=CC=CC1C. The molecule has 0 spiro atoms. The van der Waals surface area contributed by atoms with Crippen LogP contribution in [0.25, 0.3) is 0 Å². The highest BCUT2D eigenvalue weighted by Crippen LogP contribution is 2.41. The van der Waals surface area contributed by atoms with Gasteiger partial charge in [0.1, 0.15) is 0 Å². The van der Waals surface area contributed by atoms with Crippen LogP contribution in [0.1, 0.15) is 27.2 Å². The van der Waals surface area contributed by atoms with Crippen molar-refractivity contribution in [3.05, 3.63) is 36.5 Å². The summed E-state index contributed by atoms with van der Waals surface area (Å²) in [4.78, 5) is 0. The van der Waals surface area contributed by atoms with E-state index in [0.29, 0.717) is 11.3 Å². The van der Waals surface area contributed by atoms with Gasteiger partial charge >= 0.3 is 0 Å². The van der Waals surface area contributed by atoms with Crippen LogP contribution in [-0.4, -0.2) is 0 Å². The van der Waals surface area contributed by atoms with E-state index in [0.717, 1.165) is 6.42 Å². The highest BCUT2D eigenvalue weighted by molar-refractivity contribution is 5.26. The van der Waals surface area contributed by atoms with Crippen LogP contribution >= 0.6 is 0 Å². The van der Waals surface area contributed by atoms with E-state index in [4.69, 9.17) is 0 Å². The van der Waals surface area contributed by atoms with Crippen molar-refractivity contribution in [3.8, 4) is 0 Å². The lowest BCUT2D eigenvalue weighted by atomic mass is 9.68. The maximum Gasteiger partial charge on any atom is -0.00215 e. The molecule has 0 N–H and O–H groups in total. The van der Waals surface area contributed by atoms with Gasteiger partial charge in [-0.2, -0.15) is 0 Å². The number of hydrogen-bond donors (Lipinski definition) is 0. The molecule has 0 aromatic carbocycles. The third-order valence-electron chi connectivity index (χ3n) is 3.22. The minimum atomic E-state index is 0.302. The molecule has 0 bridgehead atoms. The summed E-state index contributed by atoms with van der Waals surface area (Å²) < 4.78 is 0. The molecule has 0 nitrogen and oxygen atoms in total. The van der Waals surface area contributed by atoms with E-state index in [2.05, 4.69) is 45.6 Å². The van der Waals surface area contributed by atoms with E-state index in [-0.39, 0.29) is 0 Å². The third kappa shape index (κ3) is 1.38. The van der Waals surface area contributed by atoms with Gasteiger partial charge in [-0.1, -0.05) is 43.7 Å². The standard InChI is InChI=1S/C12H18/c1-5-9-12(4)10(2)7-6-8-11(12)3/h5-8,10H,1,9H2,2-4H3. The molecule has 0 aliphatic heterocycles. The van der Waals surface area contributed by atoms with Crippen molar-refractivity contribution in [2.75, 3.05) is 0 Å². The molecule has 0 fully saturated rings. The van der Waals surface area contributed by atoms with Crippen LogP contribution in [0.4, 0.5) is 0 Å². The van der Waals surface area contributed by atoms with E-state index in [1.54, 1.807) is 0 Å². The summed E-state index contributed by atoms with van der Waals surface area (Å²) in [6.45, 7) is 10.6. The fourth-order valence-electron chi connectivity index (χ4n) is 1.78. The fourth-order valence-corrected chi connectivity index (χ4v) is 1.78. The van der Waals surface area contributed by atoms with E-state index >= 15 is 0 Å². The van der Waals surface area contributed by atoms with Crippen molar-refractivity contribution >= 4 is 0 Å². The first kappa shape index (κ1) is 9.31. The number of hydrogen-bond acceptors (Lipinski definition) is 0. The zero-order valence-electron chi connectivity index (χ0n) is 8.30. The summed E-state index contributed by atoms with van der Waals surface area (Å²) in [7, 11) is 0. The predicted molar refractivity (Wildman–Crippen MR) is 55.0 cm³/mol. The Balaban J connectivity index is 2.93. The molecule has 0 amide bonds. The molecule has 0 heterocycles. The summed E-state index contributed by atoms with van der Waals surface area (Å²) in [5.74, 6) is 0.625. The number of allylic oxidation sites excluding steroid dienone is 5. The van der Waals surface area contributed by atoms with Crippen molar-refractivity contribution < 1.29 is 0 Å². The number of rotatable bonds is 2. The Morgan fingerprint density at radius 3 is 2.83 bits per heavy atom. The van der Waals surface area contributed by atoms with Crippen molar-refractivity contribution in [1.29, 1.82) is 0 Å². The predicted octanol–water partition coefficient (Wildman–Crippen LogP) is 3.72. The molecule has 0 aromatic heterocycles. The van der Waals surface area contributed by atoms with Gasteiger partial charge in [-0.15, -0.1) is 6.58 Å². The van der Waals surface area contributed by atoms with Crippen molar-refractivity contribution in [1.82, 2.24) is 0 Å². The first-order chi connectivity index (χ1) is 5.61. The molecule has 12 heavy (non-hydrogen) atoms. The van der Waals surface area contributed by atoms with Crippen LogP contribution in [0.15, 0.2) is 36.5 Å². The Kier molecular flexibility index (Phi) is 2.56. The van der Waals surface area contributed by atoms with Crippen LogP contribution < -0.4 is 0 Å². The summed E-state index contributed by atoms with van der Waals surface area (Å²) >= 11 is 0. The van der Waals surface area contributed by atoms with Gasteiger partial charge in [0.2, 0.25) is 0 Å². The lowest BCUT2D eigenvalue weighted by Crippen LogP contribution is -2.26. The summed E-state index contributed by atoms with van der Waals surface area (Å²) in [5.41, 5.74) is 1.77. The Labute approximate surface area is 75.7 Å². The van der Waals surface area contributed by atoms with Gasteiger partial charge in [0.05, 0.1) is 0 Å². The van der Waals surface area contributed by atoms with Gasteiger partial charge in [-0.3, -0.25) is 0 Å². The monoisotopic (exact) mass is 162 g/mol. The van der Waals surface area contributed by atoms with Crippen LogP contribution in [0.3, 0.4) is 0 Å². The molecule has 1 aliphatic carbocycles. The van der Waals surface area contributed by atoms with Gasteiger partial charge in [-0.25, -0.2) is 0 Å². The van der Waals surface area contributed by atoms with Gasteiger partial charge in [0.25, 0.3) is 0 Å². The van der Waals surface area contributed by atoms with E-state index in [1.807, 2.05) is 6.08 Å². The Morgan fingerprint density at radius 1 is 1.67 bits per heavy atom. The molecular weight excluding hydrogens is 144 g/mol. The quantitative estimate of drug-likeness (QED) is 0.543. The lowest BCUT2D eigenvalue weighted by molar-refractivity contribution is 0.305. The Bertz CT molecular complexity index is 232. The first-order valence-electron chi connectivity index (χ1n) is 4.57. The molecule has 0 radical (unpaired) electrons. The molecule has 2 atom stereocenters. The summed E-state index contributed by atoms with van der Waals surface area (Å²) in [6, 6.07) is 0. The minimum absolute atomic E-state index is 0.302. The van der Waals surface area contributed by atoms with Gasteiger partial charge in [0.15, 0.2) is 0 Å². The third-order valence-corrected chi connectivity index (χ3v) is 3.22.